The standard InChI is InChI=1S/C24H28O10/c1-29-17-6-12(4-5-16(17)26)21(27)20(9-25)34-23-18(30-2)7-13(8-19(23)31-3)22-14-10-33-24(28)15(14)11-32-22/h4-8,14-15,20-22,25-27H,9-11H2,1-3H3/t14-,15-,20-,21+,22-/m0/s1. The minimum atomic E-state index is -1.26. The molecule has 34 heavy (non-hydrogen) atoms. The summed E-state index contributed by atoms with van der Waals surface area (Å²) in [7, 11) is 4.31. The molecule has 3 N–H and O–H groups in total. The number of fused-ring (bicyclic) bond motifs is 1. The number of aliphatic hydroxyl groups is 2. The first-order valence-corrected chi connectivity index (χ1v) is 10.8. The maximum atomic E-state index is 11.9. The molecule has 0 bridgehead atoms. The number of hydrogen-bond donors (Lipinski definition) is 3. The van der Waals surface area contributed by atoms with Gasteiger partial charge in [-0.1, -0.05) is 6.07 Å². The van der Waals surface area contributed by atoms with E-state index in [-0.39, 0.29) is 54.4 Å². The van der Waals surface area contributed by atoms with Crippen molar-refractivity contribution in [2.24, 2.45) is 11.8 Å². The fourth-order valence-corrected chi connectivity index (χ4v) is 4.37. The predicted molar refractivity (Wildman–Crippen MR) is 117 cm³/mol. The first-order valence-electron chi connectivity index (χ1n) is 10.8. The van der Waals surface area contributed by atoms with E-state index in [1.165, 1.54) is 39.5 Å². The lowest BCUT2D eigenvalue weighted by Gasteiger charge is -2.26. The SMILES string of the molecule is COc1cc([C@@H](O)[C@H](CO)Oc2c(OC)cc([C@@H]3OC[C@@H]4C(=O)OC[C@@H]43)cc2OC)ccc1O. The highest BCUT2D eigenvalue weighted by molar-refractivity contribution is 5.75. The van der Waals surface area contributed by atoms with Gasteiger partial charge in [0, 0.05) is 5.92 Å². The quantitative estimate of drug-likeness (QED) is 0.460. The van der Waals surface area contributed by atoms with Crippen LogP contribution in [0.4, 0.5) is 0 Å². The molecule has 2 fully saturated rings. The minimum Gasteiger partial charge on any atom is -0.504 e. The Bertz CT molecular complexity index is 1010. The van der Waals surface area contributed by atoms with Crippen LogP contribution in [0.5, 0.6) is 28.7 Å². The molecule has 0 saturated carbocycles. The Labute approximate surface area is 196 Å². The van der Waals surface area contributed by atoms with Crippen molar-refractivity contribution in [1.29, 1.82) is 0 Å². The molecule has 0 unspecified atom stereocenters. The second-order valence-electron chi connectivity index (χ2n) is 8.12. The third kappa shape index (κ3) is 4.31. The van der Waals surface area contributed by atoms with Crippen LogP contribution in [0.2, 0.25) is 0 Å². The number of carbonyl (C=O) groups excluding carboxylic acids is 1. The number of hydrogen-bond acceptors (Lipinski definition) is 10. The Morgan fingerprint density at radius 2 is 1.71 bits per heavy atom. The Morgan fingerprint density at radius 3 is 2.32 bits per heavy atom. The van der Waals surface area contributed by atoms with Crippen molar-refractivity contribution in [3.63, 3.8) is 0 Å². The van der Waals surface area contributed by atoms with Crippen LogP contribution in [-0.4, -0.2) is 68.5 Å². The summed E-state index contributed by atoms with van der Waals surface area (Å²) in [4.78, 5) is 11.9. The number of esters is 1. The van der Waals surface area contributed by atoms with E-state index in [0.717, 1.165) is 5.56 Å². The molecular weight excluding hydrogens is 448 g/mol. The van der Waals surface area contributed by atoms with Gasteiger partial charge in [0.05, 0.1) is 53.2 Å². The van der Waals surface area contributed by atoms with E-state index in [0.29, 0.717) is 17.1 Å². The van der Waals surface area contributed by atoms with Crippen LogP contribution in [0.25, 0.3) is 0 Å². The fourth-order valence-electron chi connectivity index (χ4n) is 4.37. The lowest BCUT2D eigenvalue weighted by atomic mass is 9.90. The number of carbonyl (C=O) groups is 1. The number of phenols is 1. The van der Waals surface area contributed by atoms with Gasteiger partial charge in [0.2, 0.25) is 5.75 Å². The van der Waals surface area contributed by atoms with Crippen LogP contribution in [0, 0.1) is 11.8 Å². The van der Waals surface area contributed by atoms with Gasteiger partial charge in [0.25, 0.3) is 0 Å². The molecule has 184 valence electrons. The number of methoxy groups -OCH3 is 3. The molecule has 10 heteroatoms. The maximum absolute atomic E-state index is 11.9. The van der Waals surface area contributed by atoms with Crippen LogP contribution in [0.15, 0.2) is 30.3 Å². The fraction of sp³-hybridized carbons (Fsp3) is 0.458. The largest absolute Gasteiger partial charge is 0.504 e. The average Bonchev–Trinajstić information content (AvgIpc) is 3.44. The van der Waals surface area contributed by atoms with Gasteiger partial charge in [-0.3, -0.25) is 4.79 Å². The topological polar surface area (TPSA) is 133 Å². The van der Waals surface area contributed by atoms with Gasteiger partial charge in [-0.05, 0) is 35.4 Å². The Hall–Kier alpha value is -3.21. The number of rotatable bonds is 9. The van der Waals surface area contributed by atoms with E-state index in [2.05, 4.69) is 0 Å². The van der Waals surface area contributed by atoms with Gasteiger partial charge in [-0.2, -0.15) is 0 Å². The van der Waals surface area contributed by atoms with Crippen LogP contribution in [0.1, 0.15) is 23.3 Å². The van der Waals surface area contributed by atoms with Gasteiger partial charge >= 0.3 is 5.97 Å². The summed E-state index contributed by atoms with van der Waals surface area (Å²) in [5, 5.41) is 30.6. The summed E-state index contributed by atoms with van der Waals surface area (Å²) in [5.41, 5.74) is 1.11. The molecule has 0 radical (unpaired) electrons. The van der Waals surface area contributed by atoms with Crippen molar-refractivity contribution in [1.82, 2.24) is 0 Å². The molecule has 10 nitrogen and oxygen atoms in total. The zero-order valence-electron chi connectivity index (χ0n) is 19.1. The molecule has 4 rings (SSSR count). The molecule has 2 heterocycles. The molecule has 0 aliphatic carbocycles. The third-order valence-electron chi connectivity index (χ3n) is 6.24. The number of ether oxygens (including phenoxy) is 6. The van der Waals surface area contributed by atoms with Gasteiger partial charge in [0.1, 0.15) is 6.10 Å². The number of cyclic esters (lactones) is 1. The van der Waals surface area contributed by atoms with Gasteiger partial charge in [0.15, 0.2) is 29.1 Å². The second-order valence-corrected chi connectivity index (χ2v) is 8.12. The van der Waals surface area contributed by atoms with Gasteiger partial charge in [-0.25, -0.2) is 0 Å². The van der Waals surface area contributed by atoms with Crippen LogP contribution >= 0.6 is 0 Å². The van der Waals surface area contributed by atoms with Crippen molar-refractivity contribution in [3.8, 4) is 28.7 Å². The van der Waals surface area contributed by atoms with E-state index in [9.17, 15) is 20.1 Å². The molecular formula is C24H28O10. The lowest BCUT2D eigenvalue weighted by Crippen LogP contribution is -2.29. The van der Waals surface area contributed by atoms with E-state index in [1.54, 1.807) is 12.1 Å². The van der Waals surface area contributed by atoms with E-state index >= 15 is 0 Å². The Balaban J connectivity index is 1.62. The number of aromatic hydroxyl groups is 1. The summed E-state index contributed by atoms with van der Waals surface area (Å²) in [5.74, 6) is 0.241. The van der Waals surface area contributed by atoms with Crippen LogP contribution in [0.3, 0.4) is 0 Å². The van der Waals surface area contributed by atoms with Crippen LogP contribution < -0.4 is 18.9 Å². The normalized spacial score (nSPS) is 23.1. The second kappa shape index (κ2) is 9.96. The maximum Gasteiger partial charge on any atom is 0.311 e. The molecule has 2 aromatic carbocycles. The van der Waals surface area contributed by atoms with E-state index in [1.807, 2.05) is 0 Å². The number of benzene rings is 2. The third-order valence-corrected chi connectivity index (χ3v) is 6.24. The van der Waals surface area contributed by atoms with E-state index < -0.39 is 18.8 Å². The van der Waals surface area contributed by atoms with Crippen molar-refractivity contribution >= 4 is 5.97 Å². The molecule has 2 aromatic rings. The Morgan fingerprint density at radius 1 is 1.03 bits per heavy atom. The molecule has 0 amide bonds. The summed E-state index contributed by atoms with van der Waals surface area (Å²) in [6, 6.07) is 7.79. The van der Waals surface area contributed by atoms with Crippen molar-refractivity contribution < 1.29 is 48.5 Å². The van der Waals surface area contributed by atoms with Crippen molar-refractivity contribution in [3.05, 3.63) is 41.5 Å². The number of phenolic OH excluding ortho intramolecular Hbond substituents is 1. The molecule has 2 saturated heterocycles. The average molecular weight is 476 g/mol. The molecule has 0 aromatic heterocycles. The van der Waals surface area contributed by atoms with Crippen molar-refractivity contribution in [2.75, 3.05) is 41.2 Å². The molecule has 2 aliphatic heterocycles. The van der Waals surface area contributed by atoms with Gasteiger partial charge in [-0.15, -0.1) is 0 Å². The monoisotopic (exact) mass is 476 g/mol. The molecule has 5 atom stereocenters. The summed E-state index contributed by atoms with van der Waals surface area (Å²) in [6.45, 7) is 0.0468. The number of aliphatic hydroxyl groups excluding tert-OH is 2. The highest BCUT2D eigenvalue weighted by Crippen LogP contribution is 2.47. The highest BCUT2D eigenvalue weighted by Gasteiger charge is 2.48. The van der Waals surface area contributed by atoms with Crippen molar-refractivity contribution in [2.45, 2.75) is 18.3 Å². The summed E-state index contributed by atoms with van der Waals surface area (Å²) >= 11 is 0. The first-order chi connectivity index (χ1) is 16.4. The summed E-state index contributed by atoms with van der Waals surface area (Å²) < 4.78 is 33.2. The Kier molecular flexibility index (Phi) is 7.01. The lowest BCUT2D eigenvalue weighted by molar-refractivity contribution is -0.142. The molecule has 0 spiro atoms. The zero-order chi connectivity index (χ0) is 24.4. The highest BCUT2D eigenvalue weighted by atomic mass is 16.6. The molecule has 2 aliphatic rings. The first kappa shape index (κ1) is 23.9. The predicted octanol–water partition coefficient (Wildman–Crippen LogP) is 1.75. The van der Waals surface area contributed by atoms with Gasteiger partial charge < -0.3 is 43.7 Å². The zero-order valence-corrected chi connectivity index (χ0v) is 19.1. The smallest absolute Gasteiger partial charge is 0.311 e. The summed E-state index contributed by atoms with van der Waals surface area (Å²) in [6.07, 6.45) is -2.72. The minimum absolute atomic E-state index is 0.0791. The van der Waals surface area contributed by atoms with Crippen LogP contribution in [-0.2, 0) is 14.3 Å². The van der Waals surface area contributed by atoms with E-state index in [4.69, 9.17) is 28.4 Å².